The molecule has 6 nitrogen and oxygen atoms in total. The summed E-state index contributed by atoms with van der Waals surface area (Å²) in [5.41, 5.74) is 2.85. The van der Waals surface area contributed by atoms with Crippen LogP contribution in [-0.4, -0.2) is 35.1 Å². The van der Waals surface area contributed by atoms with Crippen LogP contribution in [0.2, 0.25) is 0 Å². The number of benzene rings is 1. The van der Waals surface area contributed by atoms with Crippen molar-refractivity contribution in [1.29, 1.82) is 0 Å². The minimum Gasteiger partial charge on any atom is -0.504 e. The number of nitrogens with zero attached hydrogens (tertiary/aromatic N) is 2. The number of aromatic nitrogens is 1. The molecule has 1 heterocycles. The lowest BCUT2D eigenvalue weighted by molar-refractivity contribution is -0.118. The third kappa shape index (κ3) is 4.49. The molecular weight excluding hydrogens is 302 g/mol. The molecule has 2 aromatic rings. The van der Waals surface area contributed by atoms with E-state index in [9.17, 15) is 9.90 Å². The van der Waals surface area contributed by atoms with Crippen molar-refractivity contribution in [2.75, 3.05) is 12.9 Å². The average Bonchev–Trinajstić information content (AvgIpc) is 2.55. The van der Waals surface area contributed by atoms with Crippen molar-refractivity contribution in [3.63, 3.8) is 0 Å². The summed E-state index contributed by atoms with van der Waals surface area (Å²) in [6.07, 6.45) is 3.03. The number of hydrazone groups is 1. The molecule has 1 amide bonds. The molecule has 0 aliphatic heterocycles. The summed E-state index contributed by atoms with van der Waals surface area (Å²) in [5, 5.41) is 14.5. The number of phenols is 1. The van der Waals surface area contributed by atoms with Gasteiger partial charge in [0.15, 0.2) is 11.5 Å². The second-order valence-electron chi connectivity index (χ2n) is 4.15. The molecule has 0 radical (unpaired) electrons. The van der Waals surface area contributed by atoms with Gasteiger partial charge in [0, 0.05) is 11.8 Å². The molecule has 0 saturated carbocycles. The Labute approximate surface area is 132 Å². The maximum absolute atomic E-state index is 11.7. The standard InChI is InChI=1S/C15H15N3O3S/c1-21-12-6-4-5-11(15(12)20)9-17-18-13(19)10-22-14-7-2-3-8-16-14/h2-9,20H,10H2,1H3,(H,18,19). The molecule has 0 aliphatic carbocycles. The summed E-state index contributed by atoms with van der Waals surface area (Å²) in [7, 11) is 1.46. The van der Waals surface area contributed by atoms with Gasteiger partial charge in [-0.15, -0.1) is 0 Å². The molecule has 2 rings (SSSR count). The van der Waals surface area contributed by atoms with Crippen molar-refractivity contribution in [3.05, 3.63) is 48.2 Å². The van der Waals surface area contributed by atoms with E-state index < -0.39 is 0 Å². The number of ether oxygens (including phenoxy) is 1. The molecule has 1 aromatic heterocycles. The molecule has 2 N–H and O–H groups in total. The molecule has 0 bridgehead atoms. The van der Waals surface area contributed by atoms with Crippen LogP contribution in [0, 0.1) is 0 Å². The van der Waals surface area contributed by atoms with Crippen molar-refractivity contribution < 1.29 is 14.6 Å². The number of carbonyl (C=O) groups excluding carboxylic acids is 1. The quantitative estimate of drug-likeness (QED) is 0.484. The van der Waals surface area contributed by atoms with Crippen LogP contribution in [0.25, 0.3) is 0 Å². The Morgan fingerprint density at radius 1 is 1.41 bits per heavy atom. The molecule has 0 aliphatic rings. The fourth-order valence-electron chi connectivity index (χ4n) is 1.59. The number of hydrogen-bond donors (Lipinski definition) is 2. The highest BCUT2D eigenvalue weighted by molar-refractivity contribution is 7.99. The Kier molecular flexibility index (Phi) is 5.79. The van der Waals surface area contributed by atoms with E-state index in [0.717, 1.165) is 5.03 Å². The minimum atomic E-state index is -0.255. The van der Waals surface area contributed by atoms with Crippen molar-refractivity contribution in [1.82, 2.24) is 10.4 Å². The second-order valence-corrected chi connectivity index (χ2v) is 5.14. The highest BCUT2D eigenvalue weighted by Crippen LogP contribution is 2.27. The molecule has 0 unspecified atom stereocenters. The second kappa shape index (κ2) is 8.04. The third-order valence-corrected chi connectivity index (χ3v) is 3.58. The summed E-state index contributed by atoms with van der Waals surface area (Å²) in [4.78, 5) is 15.8. The summed E-state index contributed by atoms with van der Waals surface area (Å²) in [5.74, 6) is 0.277. The van der Waals surface area contributed by atoms with E-state index in [-0.39, 0.29) is 17.4 Å². The number of aromatic hydroxyl groups is 1. The van der Waals surface area contributed by atoms with E-state index in [1.165, 1.54) is 25.1 Å². The van der Waals surface area contributed by atoms with E-state index in [1.54, 1.807) is 24.4 Å². The summed E-state index contributed by atoms with van der Waals surface area (Å²) in [6, 6.07) is 10.5. The molecule has 0 saturated heterocycles. The highest BCUT2D eigenvalue weighted by atomic mass is 32.2. The van der Waals surface area contributed by atoms with Gasteiger partial charge in [-0.25, -0.2) is 10.4 Å². The van der Waals surface area contributed by atoms with E-state index in [2.05, 4.69) is 15.5 Å². The Morgan fingerprint density at radius 2 is 2.27 bits per heavy atom. The fraction of sp³-hybridized carbons (Fsp3) is 0.133. The Bertz CT molecular complexity index is 662. The molecule has 0 spiro atoms. The van der Waals surface area contributed by atoms with Gasteiger partial charge in [0.1, 0.15) is 0 Å². The van der Waals surface area contributed by atoms with Crippen molar-refractivity contribution in [3.8, 4) is 11.5 Å². The van der Waals surface area contributed by atoms with Crippen LogP contribution in [0.4, 0.5) is 0 Å². The molecule has 0 fully saturated rings. The number of thioether (sulfide) groups is 1. The lowest BCUT2D eigenvalue weighted by Gasteiger charge is -2.05. The topological polar surface area (TPSA) is 83.8 Å². The van der Waals surface area contributed by atoms with Gasteiger partial charge in [0.25, 0.3) is 0 Å². The van der Waals surface area contributed by atoms with E-state index in [1.807, 2.05) is 18.2 Å². The number of methoxy groups -OCH3 is 1. The Balaban J connectivity index is 1.86. The maximum Gasteiger partial charge on any atom is 0.250 e. The first kappa shape index (κ1) is 15.8. The largest absolute Gasteiger partial charge is 0.504 e. The number of pyridine rings is 1. The van der Waals surface area contributed by atoms with Gasteiger partial charge in [0.2, 0.25) is 5.91 Å². The summed E-state index contributed by atoms with van der Waals surface area (Å²) >= 11 is 1.32. The normalized spacial score (nSPS) is 10.6. The smallest absolute Gasteiger partial charge is 0.250 e. The van der Waals surface area contributed by atoms with Crippen molar-refractivity contribution in [2.45, 2.75) is 5.03 Å². The zero-order valence-electron chi connectivity index (χ0n) is 11.9. The lowest BCUT2D eigenvalue weighted by atomic mass is 10.2. The van der Waals surface area contributed by atoms with Gasteiger partial charge in [-0.3, -0.25) is 4.79 Å². The first-order chi connectivity index (χ1) is 10.7. The maximum atomic E-state index is 11.7. The predicted molar refractivity (Wildman–Crippen MR) is 85.4 cm³/mol. The van der Waals surface area contributed by atoms with E-state index >= 15 is 0 Å². The number of amides is 1. The van der Waals surface area contributed by atoms with E-state index in [4.69, 9.17) is 4.74 Å². The van der Waals surface area contributed by atoms with Gasteiger partial charge in [0.05, 0.1) is 24.1 Å². The van der Waals surface area contributed by atoms with Gasteiger partial charge < -0.3 is 9.84 Å². The first-order valence-electron chi connectivity index (χ1n) is 6.42. The van der Waals surface area contributed by atoms with Crippen molar-refractivity contribution >= 4 is 23.9 Å². The van der Waals surface area contributed by atoms with Gasteiger partial charge in [-0.2, -0.15) is 5.10 Å². The highest BCUT2D eigenvalue weighted by Gasteiger charge is 2.05. The van der Waals surface area contributed by atoms with Crippen LogP contribution < -0.4 is 10.2 Å². The Morgan fingerprint density at radius 3 is 3.00 bits per heavy atom. The first-order valence-corrected chi connectivity index (χ1v) is 7.41. The zero-order chi connectivity index (χ0) is 15.8. The van der Waals surface area contributed by atoms with Crippen LogP contribution in [-0.2, 0) is 4.79 Å². The zero-order valence-corrected chi connectivity index (χ0v) is 12.7. The average molecular weight is 317 g/mol. The van der Waals surface area contributed by atoms with Gasteiger partial charge in [-0.1, -0.05) is 23.9 Å². The number of para-hydroxylation sites is 1. The van der Waals surface area contributed by atoms with E-state index in [0.29, 0.717) is 11.3 Å². The minimum absolute atomic E-state index is 0.0224. The number of phenolic OH excluding ortho intramolecular Hbond substituents is 1. The third-order valence-electron chi connectivity index (χ3n) is 2.63. The van der Waals surface area contributed by atoms with Gasteiger partial charge >= 0.3 is 0 Å². The number of rotatable bonds is 6. The molecule has 1 aromatic carbocycles. The van der Waals surface area contributed by atoms with Crippen LogP contribution in [0.5, 0.6) is 11.5 Å². The number of carbonyl (C=O) groups is 1. The van der Waals surface area contributed by atoms with Crippen molar-refractivity contribution in [2.24, 2.45) is 5.10 Å². The predicted octanol–water partition coefficient (Wildman–Crippen LogP) is 2.04. The molecule has 22 heavy (non-hydrogen) atoms. The molecule has 0 atom stereocenters. The Hall–Kier alpha value is -2.54. The molecule has 114 valence electrons. The van der Waals surface area contributed by atoms with Crippen LogP contribution in [0.1, 0.15) is 5.56 Å². The van der Waals surface area contributed by atoms with Crippen LogP contribution in [0.3, 0.4) is 0 Å². The number of hydrogen-bond acceptors (Lipinski definition) is 6. The van der Waals surface area contributed by atoms with Crippen LogP contribution in [0.15, 0.2) is 52.7 Å². The summed E-state index contributed by atoms with van der Waals surface area (Å²) < 4.78 is 4.99. The fourth-order valence-corrected chi connectivity index (χ4v) is 2.24. The number of nitrogens with one attached hydrogen (secondary N) is 1. The SMILES string of the molecule is COc1cccc(C=NNC(=O)CSc2ccccn2)c1O. The monoisotopic (exact) mass is 317 g/mol. The van der Waals surface area contributed by atoms with Gasteiger partial charge in [-0.05, 0) is 24.3 Å². The molecule has 7 heteroatoms. The lowest BCUT2D eigenvalue weighted by Crippen LogP contribution is -2.19. The van der Waals surface area contributed by atoms with Crippen LogP contribution >= 0.6 is 11.8 Å². The summed E-state index contributed by atoms with van der Waals surface area (Å²) in [6.45, 7) is 0. The molecular formula is C15H15N3O3S.